The van der Waals surface area contributed by atoms with Gasteiger partial charge >= 0.3 is 0 Å². The normalized spacial score (nSPS) is 18.0. The molecule has 190 valence electrons. The third-order valence-electron chi connectivity index (χ3n) is 6.30. The molecule has 0 N–H and O–H groups in total. The van der Waals surface area contributed by atoms with Crippen molar-refractivity contribution in [1.82, 2.24) is 0 Å². The molecule has 1 aliphatic rings. The summed E-state index contributed by atoms with van der Waals surface area (Å²) in [7, 11) is 0. The van der Waals surface area contributed by atoms with E-state index in [1.807, 2.05) is 25.1 Å². The number of halogens is 3. The van der Waals surface area contributed by atoms with Crippen LogP contribution in [0, 0.1) is 17.5 Å². The van der Waals surface area contributed by atoms with Crippen molar-refractivity contribution in [3.63, 3.8) is 0 Å². The first-order valence-electron chi connectivity index (χ1n) is 12.4. The summed E-state index contributed by atoms with van der Waals surface area (Å²) < 4.78 is 61.0. The molecule has 0 atom stereocenters. The molecule has 3 nitrogen and oxygen atoms in total. The fraction of sp³-hybridized carbons (Fsp3) is 0.333. The van der Waals surface area contributed by atoms with Crippen molar-refractivity contribution in [3.05, 3.63) is 89.8 Å². The Hall–Kier alpha value is -3.09. The van der Waals surface area contributed by atoms with Crippen molar-refractivity contribution in [2.75, 3.05) is 19.8 Å². The molecule has 0 aromatic heterocycles. The SMILES string of the molecule is C/C=C/C1OCC(c2ccc(-c3ccc(-c4ccc(OCCCCC)c(F)c4F)cc3)c(F)c2)CO1. The van der Waals surface area contributed by atoms with E-state index in [0.29, 0.717) is 36.5 Å². The fourth-order valence-corrected chi connectivity index (χ4v) is 4.23. The highest BCUT2D eigenvalue weighted by molar-refractivity contribution is 5.71. The van der Waals surface area contributed by atoms with Gasteiger partial charge in [0.2, 0.25) is 5.82 Å². The number of ether oxygens (including phenoxy) is 3. The van der Waals surface area contributed by atoms with E-state index in [4.69, 9.17) is 14.2 Å². The van der Waals surface area contributed by atoms with E-state index in [-0.39, 0.29) is 29.3 Å². The number of hydrogen-bond acceptors (Lipinski definition) is 3. The third kappa shape index (κ3) is 6.00. The zero-order chi connectivity index (χ0) is 25.5. The molecule has 0 saturated carbocycles. The van der Waals surface area contributed by atoms with Crippen LogP contribution in [0.25, 0.3) is 22.3 Å². The van der Waals surface area contributed by atoms with E-state index in [9.17, 15) is 8.78 Å². The number of benzene rings is 3. The summed E-state index contributed by atoms with van der Waals surface area (Å²) >= 11 is 0. The van der Waals surface area contributed by atoms with Gasteiger partial charge in [-0.05, 0) is 54.3 Å². The monoisotopic (exact) mass is 496 g/mol. The zero-order valence-electron chi connectivity index (χ0n) is 20.6. The second-order valence-corrected chi connectivity index (χ2v) is 8.87. The summed E-state index contributed by atoms with van der Waals surface area (Å²) in [5, 5.41) is 0. The standard InChI is InChI=1S/C30H31F3O3/c1-3-5-6-16-34-27-15-14-25(29(32)30(27)33)21-10-8-20(9-11-21)24-13-12-22(17-26(24)31)23-18-35-28(7-4-2)36-19-23/h4,7-15,17,23,28H,3,5-6,16,18-19H2,1-2H3/b7-4+. The highest BCUT2D eigenvalue weighted by Gasteiger charge is 2.23. The Balaban J connectivity index is 1.46. The van der Waals surface area contributed by atoms with Crippen LogP contribution in [0.5, 0.6) is 5.75 Å². The van der Waals surface area contributed by atoms with Gasteiger partial charge in [-0.1, -0.05) is 62.2 Å². The van der Waals surface area contributed by atoms with Crippen LogP contribution < -0.4 is 4.74 Å². The van der Waals surface area contributed by atoms with Gasteiger partial charge in [0.1, 0.15) is 5.82 Å². The van der Waals surface area contributed by atoms with E-state index in [1.54, 1.807) is 30.3 Å². The average molecular weight is 497 g/mol. The smallest absolute Gasteiger partial charge is 0.201 e. The van der Waals surface area contributed by atoms with E-state index >= 15 is 4.39 Å². The van der Waals surface area contributed by atoms with Crippen molar-refractivity contribution < 1.29 is 27.4 Å². The van der Waals surface area contributed by atoms with Crippen LogP contribution in [-0.2, 0) is 9.47 Å². The molecule has 1 aliphatic heterocycles. The lowest BCUT2D eigenvalue weighted by Crippen LogP contribution is -2.29. The predicted octanol–water partition coefficient (Wildman–Crippen LogP) is 8.04. The quantitative estimate of drug-likeness (QED) is 0.222. The van der Waals surface area contributed by atoms with Crippen molar-refractivity contribution in [2.45, 2.75) is 45.3 Å². The summed E-state index contributed by atoms with van der Waals surface area (Å²) in [4.78, 5) is 0. The average Bonchev–Trinajstić information content (AvgIpc) is 2.90. The molecule has 6 heteroatoms. The van der Waals surface area contributed by atoms with Crippen molar-refractivity contribution in [3.8, 4) is 28.0 Å². The van der Waals surface area contributed by atoms with Crippen molar-refractivity contribution in [2.24, 2.45) is 0 Å². The molecule has 0 spiro atoms. The maximum atomic E-state index is 15.0. The van der Waals surface area contributed by atoms with Gasteiger partial charge in [0.15, 0.2) is 17.9 Å². The van der Waals surface area contributed by atoms with E-state index in [2.05, 4.69) is 6.92 Å². The Kier molecular flexibility index (Phi) is 8.83. The molecular weight excluding hydrogens is 465 g/mol. The number of allylic oxidation sites excluding steroid dienone is 1. The summed E-state index contributed by atoms with van der Waals surface area (Å²) in [6, 6.07) is 14.8. The van der Waals surface area contributed by atoms with Crippen LogP contribution in [-0.4, -0.2) is 26.1 Å². The Morgan fingerprint density at radius 2 is 1.53 bits per heavy atom. The zero-order valence-corrected chi connectivity index (χ0v) is 20.6. The molecule has 0 radical (unpaired) electrons. The van der Waals surface area contributed by atoms with Crippen LogP contribution in [0.3, 0.4) is 0 Å². The lowest BCUT2D eigenvalue weighted by molar-refractivity contribution is -0.159. The molecule has 0 unspecified atom stereocenters. The summed E-state index contributed by atoms with van der Waals surface area (Å²) in [5.41, 5.74) is 2.50. The van der Waals surface area contributed by atoms with E-state index < -0.39 is 11.6 Å². The summed E-state index contributed by atoms with van der Waals surface area (Å²) in [6.45, 7) is 5.21. The Morgan fingerprint density at radius 1 is 0.861 bits per heavy atom. The summed E-state index contributed by atoms with van der Waals surface area (Å²) in [6.07, 6.45) is 6.12. The van der Waals surface area contributed by atoms with E-state index in [0.717, 1.165) is 24.8 Å². The fourth-order valence-electron chi connectivity index (χ4n) is 4.23. The van der Waals surface area contributed by atoms with Crippen LogP contribution in [0.15, 0.2) is 66.7 Å². The maximum absolute atomic E-state index is 15.0. The molecule has 3 aromatic carbocycles. The first-order chi connectivity index (χ1) is 17.5. The molecule has 3 aromatic rings. The third-order valence-corrected chi connectivity index (χ3v) is 6.30. The van der Waals surface area contributed by atoms with Crippen molar-refractivity contribution >= 4 is 0 Å². The van der Waals surface area contributed by atoms with Gasteiger partial charge in [0, 0.05) is 17.0 Å². The predicted molar refractivity (Wildman–Crippen MR) is 135 cm³/mol. The summed E-state index contributed by atoms with van der Waals surface area (Å²) in [5.74, 6) is -2.45. The van der Waals surface area contributed by atoms with Gasteiger partial charge in [-0.25, -0.2) is 8.78 Å². The molecule has 36 heavy (non-hydrogen) atoms. The van der Waals surface area contributed by atoms with Crippen LogP contribution in [0.4, 0.5) is 13.2 Å². The lowest BCUT2D eigenvalue weighted by atomic mass is 9.95. The minimum Gasteiger partial charge on any atom is -0.490 e. The molecule has 1 heterocycles. The molecule has 4 rings (SSSR count). The molecule has 1 saturated heterocycles. The largest absolute Gasteiger partial charge is 0.490 e. The van der Waals surface area contributed by atoms with Gasteiger partial charge in [0.25, 0.3) is 0 Å². The van der Waals surface area contributed by atoms with Gasteiger partial charge in [0.05, 0.1) is 19.8 Å². The first kappa shape index (κ1) is 26.0. The Labute approximate surface area is 210 Å². The number of rotatable bonds is 9. The lowest BCUT2D eigenvalue weighted by Gasteiger charge is -2.28. The topological polar surface area (TPSA) is 27.7 Å². The Morgan fingerprint density at radius 3 is 2.17 bits per heavy atom. The van der Waals surface area contributed by atoms with Crippen molar-refractivity contribution in [1.29, 1.82) is 0 Å². The van der Waals surface area contributed by atoms with Gasteiger partial charge in [-0.15, -0.1) is 0 Å². The van der Waals surface area contributed by atoms with Gasteiger partial charge < -0.3 is 14.2 Å². The van der Waals surface area contributed by atoms with Gasteiger partial charge in [-0.3, -0.25) is 0 Å². The second-order valence-electron chi connectivity index (χ2n) is 8.87. The second kappa shape index (κ2) is 12.2. The van der Waals surface area contributed by atoms with Crippen LogP contribution in [0.2, 0.25) is 0 Å². The highest BCUT2D eigenvalue weighted by atomic mass is 19.2. The van der Waals surface area contributed by atoms with Gasteiger partial charge in [-0.2, -0.15) is 4.39 Å². The number of unbranched alkanes of at least 4 members (excludes halogenated alkanes) is 2. The minimum absolute atomic E-state index is 0.0473. The molecule has 0 aliphatic carbocycles. The molecular formula is C30H31F3O3. The Bertz CT molecular complexity index is 1180. The minimum atomic E-state index is -0.998. The highest BCUT2D eigenvalue weighted by Crippen LogP contribution is 2.33. The molecule has 1 fully saturated rings. The molecule has 0 bridgehead atoms. The van der Waals surface area contributed by atoms with Crippen LogP contribution in [0.1, 0.15) is 44.6 Å². The van der Waals surface area contributed by atoms with Crippen LogP contribution >= 0.6 is 0 Å². The number of hydrogen-bond donors (Lipinski definition) is 0. The molecule has 0 amide bonds. The maximum Gasteiger partial charge on any atom is 0.201 e. The first-order valence-corrected chi connectivity index (χ1v) is 12.4. The van der Waals surface area contributed by atoms with E-state index in [1.165, 1.54) is 18.2 Å².